The minimum Gasteiger partial charge on any atom is -0.504 e. The Kier molecular flexibility index (Phi) is 11.0. The summed E-state index contributed by atoms with van der Waals surface area (Å²) in [6.45, 7) is -1.24. The van der Waals surface area contributed by atoms with Crippen LogP contribution in [-0.2, 0) is 28.6 Å². The number of benzene rings is 3. The monoisotopic (exact) mass is 685 g/mol. The fourth-order valence-electron chi connectivity index (χ4n) is 4.49. The Bertz CT molecular complexity index is 1780. The van der Waals surface area contributed by atoms with E-state index in [2.05, 4.69) is 16.0 Å². The van der Waals surface area contributed by atoms with Crippen molar-refractivity contribution in [3.63, 3.8) is 0 Å². The number of para-hydroxylation sites is 2. The second-order valence-electron chi connectivity index (χ2n) is 10.6. The first kappa shape index (κ1) is 35.6. The van der Waals surface area contributed by atoms with Crippen molar-refractivity contribution in [1.29, 1.82) is 0 Å². The Hall–Kier alpha value is -6.27. The van der Waals surface area contributed by atoms with Crippen LogP contribution < -0.4 is 16.0 Å². The van der Waals surface area contributed by atoms with Gasteiger partial charge in [0.2, 0.25) is 0 Å². The highest BCUT2D eigenvalue weighted by Crippen LogP contribution is 2.32. The van der Waals surface area contributed by atoms with Crippen LogP contribution in [0.15, 0.2) is 48.5 Å². The molecule has 18 nitrogen and oxygen atoms in total. The molecule has 0 saturated carbocycles. The smallest absolute Gasteiger partial charge is 0.332 e. The third-order valence-corrected chi connectivity index (χ3v) is 7.08. The average Bonchev–Trinajstić information content (AvgIpc) is 3.05. The van der Waals surface area contributed by atoms with Crippen LogP contribution in [0.4, 0.5) is 0 Å². The van der Waals surface area contributed by atoms with E-state index in [0.717, 1.165) is 18.2 Å². The maximum absolute atomic E-state index is 13.2. The molecular formula is C31H31N3O15. The lowest BCUT2D eigenvalue weighted by molar-refractivity contribution is -0.161. The molecule has 0 aromatic heterocycles. The number of rotatable bonds is 7. The Balaban J connectivity index is 1.63. The summed E-state index contributed by atoms with van der Waals surface area (Å²) in [6.07, 6.45) is -1.88. The first-order valence-corrected chi connectivity index (χ1v) is 14.3. The standard InChI is InChI=1S/C31H31N3O15/c1-13-8-16(25(40)22(37)9-13)28(43)34-19-12-49-30(45)17(32-26(41)14-4-2-6-20(35)23(14)38)10-47-29(44)18(11-48-31(19)46)33-27(42)15-5-3-7-21(36)24(15)39/h2-9,17-19,27,33,35-40,42H,10-12H2,1H3,(H,32,41)(H,34,43)/t17-,18-,19-,27?/m0/s1. The van der Waals surface area contributed by atoms with Gasteiger partial charge in [-0.15, -0.1) is 0 Å². The molecule has 1 aliphatic heterocycles. The molecule has 260 valence electrons. The largest absolute Gasteiger partial charge is 0.504 e. The molecule has 2 amide bonds. The second-order valence-corrected chi connectivity index (χ2v) is 10.6. The van der Waals surface area contributed by atoms with Gasteiger partial charge >= 0.3 is 17.9 Å². The number of hydrogen-bond acceptors (Lipinski definition) is 16. The normalized spacial score (nSPS) is 19.2. The van der Waals surface area contributed by atoms with Gasteiger partial charge in [0.25, 0.3) is 11.8 Å². The van der Waals surface area contributed by atoms with E-state index in [1.807, 2.05) is 0 Å². The maximum Gasteiger partial charge on any atom is 0.332 e. The van der Waals surface area contributed by atoms with Crippen molar-refractivity contribution in [2.75, 3.05) is 19.8 Å². The molecule has 1 heterocycles. The van der Waals surface area contributed by atoms with E-state index in [1.54, 1.807) is 0 Å². The second kappa shape index (κ2) is 15.1. The minimum absolute atomic E-state index is 0.295. The number of carbonyl (C=O) groups is 5. The van der Waals surface area contributed by atoms with Gasteiger partial charge in [0.15, 0.2) is 46.6 Å². The highest BCUT2D eigenvalue weighted by Gasteiger charge is 2.35. The zero-order valence-electron chi connectivity index (χ0n) is 25.4. The lowest BCUT2D eigenvalue weighted by Gasteiger charge is -2.26. The highest BCUT2D eigenvalue weighted by atomic mass is 16.6. The lowest BCUT2D eigenvalue weighted by atomic mass is 10.1. The maximum atomic E-state index is 13.2. The van der Waals surface area contributed by atoms with Crippen LogP contribution in [0.3, 0.4) is 0 Å². The van der Waals surface area contributed by atoms with Crippen molar-refractivity contribution in [3.05, 3.63) is 70.8 Å². The zero-order chi connectivity index (χ0) is 36.0. The van der Waals surface area contributed by atoms with E-state index in [9.17, 15) is 59.7 Å². The van der Waals surface area contributed by atoms with Crippen molar-refractivity contribution in [2.45, 2.75) is 31.3 Å². The van der Waals surface area contributed by atoms with E-state index in [4.69, 9.17) is 14.2 Å². The van der Waals surface area contributed by atoms with Crippen LogP contribution in [-0.4, -0.2) is 103 Å². The number of esters is 3. The summed E-state index contributed by atoms with van der Waals surface area (Å²) in [4.78, 5) is 65.4. The third-order valence-electron chi connectivity index (χ3n) is 7.08. The van der Waals surface area contributed by atoms with Crippen LogP contribution in [0.2, 0.25) is 0 Å². The number of ether oxygens (including phenoxy) is 3. The molecule has 1 aliphatic rings. The number of phenols is 6. The SMILES string of the molecule is Cc1cc(O)c(O)c(C(=O)N[C@H]2COC(=O)[C@@H](NC(=O)c3cccc(O)c3O)COC(=O)[C@@H](NC(O)c3cccc(O)c3O)COC2=O)c1. The topological polar surface area (TPSA) is 291 Å². The summed E-state index contributed by atoms with van der Waals surface area (Å²) in [5, 5.41) is 77.4. The summed E-state index contributed by atoms with van der Waals surface area (Å²) in [6, 6.07) is 3.98. The molecular weight excluding hydrogens is 654 g/mol. The number of phenolic OH excluding ortho intramolecular Hbond substituents is 6. The molecule has 10 N–H and O–H groups in total. The summed E-state index contributed by atoms with van der Waals surface area (Å²) in [5.74, 6) is -10.4. The van der Waals surface area contributed by atoms with E-state index in [-0.39, 0.29) is 5.56 Å². The molecule has 4 rings (SSSR count). The molecule has 1 fully saturated rings. The van der Waals surface area contributed by atoms with Crippen LogP contribution in [0, 0.1) is 6.92 Å². The number of aromatic hydroxyl groups is 6. The molecule has 0 spiro atoms. The molecule has 49 heavy (non-hydrogen) atoms. The number of aryl methyl sites for hydroxylation is 1. The van der Waals surface area contributed by atoms with E-state index < -0.39 is 120 Å². The van der Waals surface area contributed by atoms with Gasteiger partial charge in [-0.1, -0.05) is 18.2 Å². The van der Waals surface area contributed by atoms with Crippen LogP contribution in [0.5, 0.6) is 34.5 Å². The average molecular weight is 686 g/mol. The Morgan fingerprint density at radius 3 is 1.71 bits per heavy atom. The Labute approximate surface area is 276 Å². The predicted molar refractivity (Wildman–Crippen MR) is 161 cm³/mol. The molecule has 0 radical (unpaired) electrons. The van der Waals surface area contributed by atoms with Gasteiger partial charge in [-0.3, -0.25) is 19.7 Å². The molecule has 3 aromatic carbocycles. The quantitative estimate of drug-likeness (QED) is 0.0644. The number of cyclic esters (lactones) is 3. The summed E-state index contributed by atoms with van der Waals surface area (Å²) < 4.78 is 15.4. The Morgan fingerprint density at radius 2 is 1.12 bits per heavy atom. The molecule has 0 bridgehead atoms. The first-order chi connectivity index (χ1) is 23.2. The molecule has 0 aliphatic carbocycles. The lowest BCUT2D eigenvalue weighted by Crippen LogP contribution is -2.52. The van der Waals surface area contributed by atoms with Crippen molar-refractivity contribution in [2.24, 2.45) is 0 Å². The van der Waals surface area contributed by atoms with Crippen molar-refractivity contribution in [1.82, 2.24) is 16.0 Å². The van der Waals surface area contributed by atoms with Crippen LogP contribution in [0.1, 0.15) is 38.1 Å². The van der Waals surface area contributed by atoms with Gasteiger partial charge < -0.3 is 60.6 Å². The van der Waals surface area contributed by atoms with Crippen molar-refractivity contribution < 1.29 is 73.9 Å². The van der Waals surface area contributed by atoms with E-state index >= 15 is 0 Å². The van der Waals surface area contributed by atoms with Gasteiger partial charge in [0.05, 0.1) is 11.1 Å². The number of nitrogens with one attached hydrogen (secondary N) is 3. The van der Waals surface area contributed by atoms with Crippen molar-refractivity contribution >= 4 is 29.7 Å². The summed E-state index contributed by atoms with van der Waals surface area (Å²) in [7, 11) is 0. The first-order valence-electron chi connectivity index (χ1n) is 14.3. The van der Waals surface area contributed by atoms with E-state index in [0.29, 0.717) is 5.56 Å². The number of aliphatic hydroxyl groups is 1. The molecule has 1 saturated heterocycles. The van der Waals surface area contributed by atoms with Gasteiger partial charge in [0.1, 0.15) is 32.1 Å². The fraction of sp³-hybridized carbons (Fsp3) is 0.258. The third kappa shape index (κ3) is 8.37. The van der Waals surface area contributed by atoms with Crippen molar-refractivity contribution in [3.8, 4) is 34.5 Å². The molecule has 18 heteroatoms. The summed E-state index contributed by atoms with van der Waals surface area (Å²) in [5.41, 5.74) is -0.880. The molecule has 4 atom stereocenters. The van der Waals surface area contributed by atoms with Gasteiger partial charge in [-0.05, 0) is 42.8 Å². The van der Waals surface area contributed by atoms with Gasteiger partial charge in [-0.2, -0.15) is 0 Å². The number of carbonyl (C=O) groups excluding carboxylic acids is 5. The van der Waals surface area contributed by atoms with E-state index in [1.165, 1.54) is 37.3 Å². The molecule has 1 unspecified atom stereocenters. The number of hydrogen-bond donors (Lipinski definition) is 10. The predicted octanol–water partition coefficient (Wildman–Crippen LogP) is -0.582. The fourth-order valence-corrected chi connectivity index (χ4v) is 4.49. The van der Waals surface area contributed by atoms with Gasteiger partial charge in [0, 0.05) is 5.56 Å². The number of amides is 2. The zero-order valence-corrected chi connectivity index (χ0v) is 25.4. The summed E-state index contributed by atoms with van der Waals surface area (Å²) >= 11 is 0. The number of aliphatic hydroxyl groups excluding tert-OH is 1. The Morgan fingerprint density at radius 1 is 0.653 bits per heavy atom. The minimum atomic E-state index is -1.88. The van der Waals surface area contributed by atoms with Gasteiger partial charge in [-0.25, -0.2) is 9.59 Å². The van der Waals surface area contributed by atoms with Crippen LogP contribution in [0.25, 0.3) is 0 Å². The van der Waals surface area contributed by atoms with Crippen LogP contribution >= 0.6 is 0 Å². The highest BCUT2D eigenvalue weighted by molar-refractivity contribution is 6.01. The molecule has 3 aromatic rings.